The lowest BCUT2D eigenvalue weighted by Gasteiger charge is -2.30. The van der Waals surface area contributed by atoms with Crippen molar-refractivity contribution < 1.29 is 5.11 Å². The highest BCUT2D eigenvalue weighted by atomic mass is 16.3. The summed E-state index contributed by atoms with van der Waals surface area (Å²) in [5, 5.41) is 9.47. The van der Waals surface area contributed by atoms with Crippen LogP contribution in [0.5, 0.6) is 0 Å². The van der Waals surface area contributed by atoms with Gasteiger partial charge in [0, 0.05) is 25.1 Å². The Morgan fingerprint density at radius 1 is 1.29 bits per heavy atom. The third-order valence-corrected chi connectivity index (χ3v) is 3.50. The van der Waals surface area contributed by atoms with Crippen LogP contribution in [-0.4, -0.2) is 34.3 Å². The van der Waals surface area contributed by atoms with Crippen molar-refractivity contribution in [2.75, 3.05) is 18.0 Å². The first-order valence-electron chi connectivity index (χ1n) is 6.26. The van der Waals surface area contributed by atoms with Crippen molar-refractivity contribution >= 4 is 5.82 Å². The van der Waals surface area contributed by atoms with Crippen LogP contribution >= 0.6 is 0 Å². The zero-order valence-electron chi connectivity index (χ0n) is 9.72. The fourth-order valence-electron chi connectivity index (χ4n) is 2.27. The molecule has 2 aliphatic rings. The molecule has 2 N–H and O–H groups in total. The van der Waals surface area contributed by atoms with Crippen LogP contribution in [0.2, 0.25) is 0 Å². The molecule has 0 bridgehead atoms. The molecule has 1 aliphatic heterocycles. The molecule has 0 radical (unpaired) electrons. The molecule has 1 aromatic heterocycles. The number of aliphatic hydroxyl groups is 1. The van der Waals surface area contributed by atoms with Crippen molar-refractivity contribution in [3.63, 3.8) is 0 Å². The van der Waals surface area contributed by atoms with Gasteiger partial charge in [-0.1, -0.05) is 0 Å². The minimum Gasteiger partial charge on any atom is -0.393 e. The topological polar surface area (TPSA) is 69.2 Å². The Bertz CT molecular complexity index is 459. The lowest BCUT2D eigenvalue weighted by molar-refractivity contribution is 0.145. The number of H-pyrrole nitrogens is 1. The normalized spacial score (nSPS) is 21.8. The van der Waals surface area contributed by atoms with Gasteiger partial charge in [0.2, 0.25) is 0 Å². The average molecular weight is 235 g/mol. The molecule has 5 nitrogen and oxygen atoms in total. The smallest absolute Gasteiger partial charge is 0.252 e. The van der Waals surface area contributed by atoms with Crippen LogP contribution < -0.4 is 10.5 Å². The van der Waals surface area contributed by atoms with Gasteiger partial charge >= 0.3 is 0 Å². The zero-order valence-corrected chi connectivity index (χ0v) is 9.72. The van der Waals surface area contributed by atoms with E-state index in [0.717, 1.165) is 50.4 Å². The largest absolute Gasteiger partial charge is 0.393 e. The number of nitrogens with one attached hydrogen (secondary N) is 1. The van der Waals surface area contributed by atoms with E-state index >= 15 is 0 Å². The highest BCUT2D eigenvalue weighted by Crippen LogP contribution is 2.38. The van der Waals surface area contributed by atoms with Gasteiger partial charge in [0.25, 0.3) is 5.56 Å². The van der Waals surface area contributed by atoms with Crippen LogP contribution in [0.15, 0.2) is 10.9 Å². The van der Waals surface area contributed by atoms with Crippen molar-refractivity contribution in [3.05, 3.63) is 22.2 Å². The molecular formula is C12H17N3O2. The first-order chi connectivity index (χ1) is 8.22. The summed E-state index contributed by atoms with van der Waals surface area (Å²) in [5.74, 6) is 2.05. The number of aliphatic hydroxyl groups excluding tert-OH is 1. The first kappa shape index (κ1) is 10.8. The third kappa shape index (κ3) is 2.34. The second kappa shape index (κ2) is 4.14. The van der Waals surface area contributed by atoms with E-state index in [1.165, 1.54) is 0 Å². The Balaban J connectivity index is 1.84. The highest BCUT2D eigenvalue weighted by molar-refractivity contribution is 5.38. The van der Waals surface area contributed by atoms with Crippen LogP contribution in [0.25, 0.3) is 0 Å². The predicted molar refractivity (Wildman–Crippen MR) is 64.3 cm³/mol. The Labute approximate surface area is 99.5 Å². The summed E-state index contributed by atoms with van der Waals surface area (Å²) in [4.78, 5) is 21.0. The molecule has 0 atom stereocenters. The van der Waals surface area contributed by atoms with E-state index in [1.54, 1.807) is 6.07 Å². The molecule has 1 saturated carbocycles. The van der Waals surface area contributed by atoms with E-state index in [2.05, 4.69) is 14.9 Å². The molecule has 1 saturated heterocycles. The summed E-state index contributed by atoms with van der Waals surface area (Å²) >= 11 is 0. The minimum atomic E-state index is -0.198. The molecule has 0 aromatic carbocycles. The second-order valence-corrected chi connectivity index (χ2v) is 4.98. The van der Waals surface area contributed by atoms with Crippen molar-refractivity contribution in [2.45, 2.75) is 37.7 Å². The Kier molecular flexibility index (Phi) is 2.63. The maximum atomic E-state index is 11.6. The average Bonchev–Trinajstić information content (AvgIpc) is 3.13. The standard InChI is InChI=1S/C12H17N3O2/c16-9-3-5-15(6-4-9)10-7-11(17)14-12(13-10)8-1-2-8/h7-9,16H,1-6H2,(H,13,14,17). The summed E-state index contributed by atoms with van der Waals surface area (Å²) in [6.45, 7) is 1.56. The quantitative estimate of drug-likeness (QED) is 0.788. The van der Waals surface area contributed by atoms with Crippen LogP contribution in [0.3, 0.4) is 0 Å². The van der Waals surface area contributed by atoms with Crippen molar-refractivity contribution in [1.29, 1.82) is 0 Å². The number of anilines is 1. The third-order valence-electron chi connectivity index (χ3n) is 3.50. The number of aromatic nitrogens is 2. The fraction of sp³-hybridized carbons (Fsp3) is 0.667. The molecule has 1 aliphatic carbocycles. The van der Waals surface area contributed by atoms with Crippen LogP contribution in [-0.2, 0) is 0 Å². The molecule has 0 unspecified atom stereocenters. The lowest BCUT2D eigenvalue weighted by Crippen LogP contribution is -2.37. The van der Waals surface area contributed by atoms with Gasteiger partial charge in [0.1, 0.15) is 11.6 Å². The Hall–Kier alpha value is -1.36. The summed E-state index contributed by atoms with van der Waals surface area (Å²) in [7, 11) is 0. The highest BCUT2D eigenvalue weighted by Gasteiger charge is 2.27. The second-order valence-electron chi connectivity index (χ2n) is 4.98. The van der Waals surface area contributed by atoms with E-state index in [4.69, 9.17) is 0 Å². The molecule has 17 heavy (non-hydrogen) atoms. The zero-order chi connectivity index (χ0) is 11.8. The van der Waals surface area contributed by atoms with Gasteiger partial charge in [0.05, 0.1) is 6.10 Å². The van der Waals surface area contributed by atoms with E-state index < -0.39 is 0 Å². The molecule has 5 heteroatoms. The summed E-state index contributed by atoms with van der Waals surface area (Å²) in [5.41, 5.74) is -0.0666. The van der Waals surface area contributed by atoms with Gasteiger partial charge in [-0.2, -0.15) is 0 Å². The van der Waals surface area contributed by atoms with E-state index in [-0.39, 0.29) is 11.7 Å². The monoisotopic (exact) mass is 235 g/mol. The van der Waals surface area contributed by atoms with Crippen molar-refractivity contribution in [2.24, 2.45) is 0 Å². The van der Waals surface area contributed by atoms with E-state index in [1.807, 2.05) is 0 Å². The number of hydrogen-bond donors (Lipinski definition) is 2. The number of hydrogen-bond acceptors (Lipinski definition) is 4. The molecule has 1 aromatic rings. The van der Waals surface area contributed by atoms with E-state index in [9.17, 15) is 9.90 Å². The molecule has 92 valence electrons. The Morgan fingerprint density at radius 2 is 2.00 bits per heavy atom. The lowest BCUT2D eigenvalue weighted by atomic mass is 10.1. The van der Waals surface area contributed by atoms with Crippen molar-refractivity contribution in [1.82, 2.24) is 9.97 Å². The fourth-order valence-corrected chi connectivity index (χ4v) is 2.27. The first-order valence-corrected chi connectivity index (χ1v) is 6.26. The SMILES string of the molecule is O=c1cc(N2CCC(O)CC2)nc(C2CC2)[nH]1. The number of rotatable bonds is 2. The van der Waals surface area contributed by atoms with Gasteiger partial charge in [-0.15, -0.1) is 0 Å². The summed E-state index contributed by atoms with van der Waals surface area (Å²) < 4.78 is 0. The van der Waals surface area contributed by atoms with Gasteiger partial charge in [0.15, 0.2) is 0 Å². The number of nitrogens with zero attached hydrogens (tertiary/aromatic N) is 2. The van der Waals surface area contributed by atoms with Gasteiger partial charge in [-0.05, 0) is 25.7 Å². The molecule has 3 rings (SSSR count). The molecule has 0 amide bonds. The molecule has 0 spiro atoms. The van der Waals surface area contributed by atoms with Gasteiger partial charge < -0.3 is 15.0 Å². The minimum absolute atomic E-state index is 0.0666. The van der Waals surface area contributed by atoms with Crippen molar-refractivity contribution in [3.8, 4) is 0 Å². The maximum Gasteiger partial charge on any atom is 0.252 e. The number of aromatic amines is 1. The number of piperidine rings is 1. The molecule has 2 heterocycles. The van der Waals surface area contributed by atoms with E-state index in [0.29, 0.717) is 5.92 Å². The van der Waals surface area contributed by atoms with Gasteiger partial charge in [-0.25, -0.2) is 4.98 Å². The van der Waals surface area contributed by atoms with Gasteiger partial charge in [-0.3, -0.25) is 4.79 Å². The Morgan fingerprint density at radius 3 is 2.65 bits per heavy atom. The summed E-state index contributed by atoms with van der Waals surface area (Å²) in [6, 6.07) is 1.56. The predicted octanol–water partition coefficient (Wildman–Crippen LogP) is 0.608. The maximum absolute atomic E-state index is 11.6. The summed E-state index contributed by atoms with van der Waals surface area (Å²) in [6.07, 6.45) is 3.58. The van der Waals surface area contributed by atoms with Crippen LogP contribution in [0.1, 0.15) is 37.4 Å². The molecular weight excluding hydrogens is 218 g/mol. The molecule has 2 fully saturated rings. The van der Waals surface area contributed by atoms with Crippen LogP contribution in [0, 0.1) is 0 Å². The van der Waals surface area contributed by atoms with Crippen LogP contribution in [0.4, 0.5) is 5.82 Å².